The van der Waals surface area contributed by atoms with Gasteiger partial charge in [-0.1, -0.05) is 21.1 Å². The minimum atomic E-state index is 0.175. The van der Waals surface area contributed by atoms with Crippen molar-refractivity contribution in [3.05, 3.63) is 40.1 Å². The number of aliphatic hydroxyl groups is 1. The van der Waals surface area contributed by atoms with E-state index in [4.69, 9.17) is 9.84 Å². The molecule has 5 nitrogen and oxygen atoms in total. The summed E-state index contributed by atoms with van der Waals surface area (Å²) >= 11 is 3.52. The van der Waals surface area contributed by atoms with Crippen molar-refractivity contribution in [1.29, 1.82) is 0 Å². The maximum Gasteiger partial charge on any atom is 0.119 e. The van der Waals surface area contributed by atoms with Gasteiger partial charge >= 0.3 is 0 Å². The number of hydrogen-bond acceptors (Lipinski definition) is 4. The first-order valence-electron chi connectivity index (χ1n) is 6.05. The molecule has 1 aromatic carbocycles. The lowest BCUT2D eigenvalue weighted by Gasteiger charge is -2.06. The van der Waals surface area contributed by atoms with Gasteiger partial charge in [-0.25, -0.2) is 4.68 Å². The van der Waals surface area contributed by atoms with Crippen molar-refractivity contribution in [1.82, 2.24) is 15.0 Å². The average Bonchev–Trinajstić information content (AvgIpc) is 2.86. The Morgan fingerprint density at radius 1 is 1.42 bits per heavy atom. The summed E-state index contributed by atoms with van der Waals surface area (Å²) in [6.07, 6.45) is 3.36. The van der Waals surface area contributed by atoms with Crippen LogP contribution in [0.3, 0.4) is 0 Å². The summed E-state index contributed by atoms with van der Waals surface area (Å²) in [5.74, 6) is 0.818. The highest BCUT2D eigenvalue weighted by molar-refractivity contribution is 9.10. The van der Waals surface area contributed by atoms with Gasteiger partial charge in [0.15, 0.2) is 0 Å². The fourth-order valence-corrected chi connectivity index (χ4v) is 2.14. The van der Waals surface area contributed by atoms with E-state index in [9.17, 15) is 0 Å². The summed E-state index contributed by atoms with van der Waals surface area (Å²) in [7, 11) is 1.65. The number of aryl methyl sites for hydroxylation is 1. The molecule has 1 N–H and O–H groups in total. The SMILES string of the molecule is COc1ccc(Br)c(Cn2cc(CCCO)nn2)c1. The van der Waals surface area contributed by atoms with E-state index < -0.39 is 0 Å². The molecule has 0 atom stereocenters. The third-order valence-corrected chi connectivity index (χ3v) is 3.54. The molecule has 0 aliphatic carbocycles. The molecule has 1 aromatic heterocycles. The van der Waals surface area contributed by atoms with Crippen LogP contribution in [0.4, 0.5) is 0 Å². The number of nitrogens with zero attached hydrogens (tertiary/aromatic N) is 3. The Bertz CT molecular complexity index is 542. The molecule has 0 aliphatic rings. The highest BCUT2D eigenvalue weighted by Gasteiger charge is 2.06. The largest absolute Gasteiger partial charge is 0.497 e. The molecule has 2 aromatic rings. The molecule has 0 radical (unpaired) electrons. The topological polar surface area (TPSA) is 60.2 Å². The molecule has 1 heterocycles. The van der Waals surface area contributed by atoms with Gasteiger partial charge in [0, 0.05) is 17.3 Å². The molecule has 0 aliphatic heterocycles. The van der Waals surface area contributed by atoms with E-state index in [0.717, 1.165) is 27.9 Å². The number of aromatic nitrogens is 3. The van der Waals surface area contributed by atoms with E-state index in [0.29, 0.717) is 13.0 Å². The van der Waals surface area contributed by atoms with Gasteiger partial charge in [0.1, 0.15) is 5.75 Å². The zero-order valence-corrected chi connectivity index (χ0v) is 12.3. The smallest absolute Gasteiger partial charge is 0.119 e. The van der Waals surface area contributed by atoms with E-state index in [1.54, 1.807) is 11.8 Å². The zero-order valence-electron chi connectivity index (χ0n) is 10.7. The fourth-order valence-electron chi connectivity index (χ4n) is 1.76. The summed E-state index contributed by atoms with van der Waals surface area (Å²) in [6.45, 7) is 0.804. The van der Waals surface area contributed by atoms with Gasteiger partial charge in [-0.3, -0.25) is 0 Å². The van der Waals surface area contributed by atoms with Gasteiger partial charge in [0.2, 0.25) is 0 Å². The molecule has 2 rings (SSSR count). The molecule has 19 heavy (non-hydrogen) atoms. The van der Waals surface area contributed by atoms with E-state index in [1.807, 2.05) is 24.4 Å². The lowest BCUT2D eigenvalue weighted by atomic mass is 10.2. The van der Waals surface area contributed by atoms with Crippen molar-refractivity contribution in [2.75, 3.05) is 13.7 Å². The monoisotopic (exact) mass is 325 g/mol. The van der Waals surface area contributed by atoms with Crippen LogP contribution in [0.1, 0.15) is 17.7 Å². The normalized spacial score (nSPS) is 10.7. The number of ether oxygens (including phenoxy) is 1. The summed E-state index contributed by atoms with van der Waals surface area (Å²) in [6, 6.07) is 5.83. The first-order chi connectivity index (χ1) is 9.22. The first kappa shape index (κ1) is 14.0. The summed E-state index contributed by atoms with van der Waals surface area (Å²) in [4.78, 5) is 0. The van der Waals surface area contributed by atoms with Crippen molar-refractivity contribution in [3.63, 3.8) is 0 Å². The second kappa shape index (κ2) is 6.68. The number of benzene rings is 1. The lowest BCUT2D eigenvalue weighted by Crippen LogP contribution is -2.01. The van der Waals surface area contributed by atoms with Gasteiger partial charge in [0.05, 0.1) is 19.3 Å². The van der Waals surface area contributed by atoms with Crippen LogP contribution in [0.25, 0.3) is 0 Å². The standard InChI is InChI=1S/C13H16BrN3O2/c1-19-12-4-5-13(14)10(7-12)8-17-9-11(15-16-17)3-2-6-18/h4-5,7,9,18H,2-3,6,8H2,1H3. The molecule has 0 bridgehead atoms. The average molecular weight is 326 g/mol. The summed E-state index contributed by atoms with van der Waals surface area (Å²) in [5, 5.41) is 17.0. The Balaban J connectivity index is 2.10. The van der Waals surface area contributed by atoms with Crippen molar-refractivity contribution in [3.8, 4) is 5.75 Å². The number of methoxy groups -OCH3 is 1. The van der Waals surface area contributed by atoms with E-state index in [2.05, 4.69) is 26.2 Å². The molecule has 0 spiro atoms. The minimum absolute atomic E-state index is 0.175. The molecule has 0 amide bonds. The summed E-state index contributed by atoms with van der Waals surface area (Å²) in [5.41, 5.74) is 1.98. The van der Waals surface area contributed by atoms with Crippen LogP contribution >= 0.6 is 15.9 Å². The van der Waals surface area contributed by atoms with Crippen LogP contribution < -0.4 is 4.74 Å². The third kappa shape index (κ3) is 3.78. The van der Waals surface area contributed by atoms with Crippen LogP contribution in [-0.2, 0) is 13.0 Å². The Kier molecular flexibility index (Phi) is 4.93. The van der Waals surface area contributed by atoms with E-state index >= 15 is 0 Å². The highest BCUT2D eigenvalue weighted by atomic mass is 79.9. The second-order valence-electron chi connectivity index (χ2n) is 4.19. The summed E-state index contributed by atoms with van der Waals surface area (Å²) < 4.78 is 8.01. The van der Waals surface area contributed by atoms with Gasteiger partial charge in [-0.05, 0) is 36.6 Å². The van der Waals surface area contributed by atoms with Crippen LogP contribution in [-0.4, -0.2) is 33.8 Å². The molecule has 6 heteroatoms. The maximum atomic E-state index is 8.79. The van der Waals surface area contributed by atoms with Crippen LogP contribution in [0, 0.1) is 0 Å². The Morgan fingerprint density at radius 2 is 2.26 bits per heavy atom. The molecule has 0 fully saturated rings. The molecular formula is C13H16BrN3O2. The second-order valence-corrected chi connectivity index (χ2v) is 5.05. The van der Waals surface area contributed by atoms with Crippen molar-refractivity contribution in [2.45, 2.75) is 19.4 Å². The Labute approximate surface area is 120 Å². The number of rotatable bonds is 6. The Morgan fingerprint density at radius 3 is 3.00 bits per heavy atom. The molecular weight excluding hydrogens is 310 g/mol. The number of hydrogen-bond donors (Lipinski definition) is 1. The number of halogens is 1. The van der Waals surface area contributed by atoms with Crippen molar-refractivity contribution >= 4 is 15.9 Å². The highest BCUT2D eigenvalue weighted by Crippen LogP contribution is 2.23. The van der Waals surface area contributed by atoms with Crippen LogP contribution in [0.2, 0.25) is 0 Å². The predicted molar refractivity (Wildman–Crippen MR) is 75.2 cm³/mol. The zero-order chi connectivity index (χ0) is 13.7. The molecule has 0 unspecified atom stereocenters. The number of aliphatic hydroxyl groups excluding tert-OH is 1. The van der Waals surface area contributed by atoms with Gasteiger partial charge in [-0.2, -0.15) is 0 Å². The van der Waals surface area contributed by atoms with Crippen molar-refractivity contribution < 1.29 is 9.84 Å². The fraction of sp³-hybridized carbons (Fsp3) is 0.385. The predicted octanol–water partition coefficient (Wildman–Crippen LogP) is 2.02. The van der Waals surface area contributed by atoms with Crippen molar-refractivity contribution in [2.24, 2.45) is 0 Å². The van der Waals surface area contributed by atoms with Gasteiger partial charge < -0.3 is 9.84 Å². The lowest BCUT2D eigenvalue weighted by molar-refractivity contribution is 0.288. The van der Waals surface area contributed by atoms with Gasteiger partial charge in [-0.15, -0.1) is 5.10 Å². The molecule has 0 saturated heterocycles. The van der Waals surface area contributed by atoms with Crippen LogP contribution in [0.5, 0.6) is 5.75 Å². The van der Waals surface area contributed by atoms with E-state index in [-0.39, 0.29) is 6.61 Å². The maximum absolute atomic E-state index is 8.79. The quantitative estimate of drug-likeness (QED) is 0.882. The molecule has 0 saturated carbocycles. The molecule has 102 valence electrons. The van der Waals surface area contributed by atoms with E-state index in [1.165, 1.54) is 0 Å². The Hall–Kier alpha value is -1.40. The van der Waals surface area contributed by atoms with Gasteiger partial charge in [0.25, 0.3) is 0 Å². The first-order valence-corrected chi connectivity index (χ1v) is 6.84. The minimum Gasteiger partial charge on any atom is -0.497 e. The third-order valence-electron chi connectivity index (χ3n) is 2.76. The van der Waals surface area contributed by atoms with Crippen LogP contribution in [0.15, 0.2) is 28.9 Å².